The number of aryl methyl sites for hydroxylation is 2. The highest BCUT2D eigenvalue weighted by Gasteiger charge is 2.20. The number of halogens is 1. The van der Waals surface area contributed by atoms with Gasteiger partial charge >= 0.3 is 0 Å². The first-order valence-corrected chi connectivity index (χ1v) is 5.95. The van der Waals surface area contributed by atoms with Crippen LogP contribution in [0.5, 0.6) is 0 Å². The Morgan fingerprint density at radius 2 is 2.20 bits per heavy atom. The summed E-state index contributed by atoms with van der Waals surface area (Å²) >= 11 is 6.04. The molecule has 0 saturated heterocycles. The molecule has 0 aromatic carbocycles. The molecule has 0 N–H and O–H groups in total. The summed E-state index contributed by atoms with van der Waals surface area (Å²) in [6.45, 7) is 6.62. The normalized spacial score (nSPS) is 14.2. The van der Waals surface area contributed by atoms with Crippen molar-refractivity contribution in [3.63, 3.8) is 0 Å². The number of aromatic nitrogens is 2. The molecule has 1 rings (SSSR count). The molecule has 0 radical (unpaired) electrons. The van der Waals surface area contributed by atoms with Gasteiger partial charge in [0.05, 0.1) is 0 Å². The van der Waals surface area contributed by atoms with E-state index in [1.54, 1.807) is 0 Å². The molecular weight excluding hydrogens is 208 g/mol. The highest BCUT2D eigenvalue weighted by Crippen LogP contribution is 2.29. The lowest BCUT2D eigenvalue weighted by atomic mass is 9.83. The zero-order valence-electron chi connectivity index (χ0n) is 10.1. The molecule has 1 heterocycles. The van der Waals surface area contributed by atoms with Crippen LogP contribution in [0, 0.1) is 5.41 Å². The van der Waals surface area contributed by atoms with Crippen molar-refractivity contribution < 1.29 is 0 Å². The maximum absolute atomic E-state index is 6.04. The number of hydrogen-bond donors (Lipinski definition) is 0. The second-order valence-electron chi connectivity index (χ2n) is 5.10. The monoisotopic (exact) mass is 228 g/mol. The van der Waals surface area contributed by atoms with Gasteiger partial charge in [0.25, 0.3) is 0 Å². The molecule has 0 spiro atoms. The predicted molar refractivity (Wildman–Crippen MR) is 65.2 cm³/mol. The third kappa shape index (κ3) is 4.25. The average Bonchev–Trinajstić information content (AvgIpc) is 2.45. The minimum atomic E-state index is 0.256. The van der Waals surface area contributed by atoms with Crippen molar-refractivity contribution in [3.8, 4) is 0 Å². The molecule has 0 amide bonds. The van der Waals surface area contributed by atoms with Crippen LogP contribution in [0.3, 0.4) is 0 Å². The molecule has 0 fully saturated rings. The second-order valence-corrected chi connectivity index (χ2v) is 5.84. The van der Waals surface area contributed by atoms with E-state index in [4.69, 9.17) is 11.6 Å². The third-order valence-corrected chi connectivity index (χ3v) is 2.97. The third-order valence-electron chi connectivity index (χ3n) is 2.81. The molecule has 3 heteroatoms. The van der Waals surface area contributed by atoms with Gasteiger partial charge in [0.1, 0.15) is 0 Å². The number of rotatable bonds is 5. The van der Waals surface area contributed by atoms with Gasteiger partial charge in [0, 0.05) is 24.3 Å². The Labute approximate surface area is 97.6 Å². The van der Waals surface area contributed by atoms with E-state index in [2.05, 4.69) is 31.9 Å². The van der Waals surface area contributed by atoms with Crippen LogP contribution in [0.1, 0.15) is 39.3 Å². The molecule has 1 unspecified atom stereocenters. The van der Waals surface area contributed by atoms with Crippen LogP contribution in [-0.2, 0) is 13.5 Å². The highest BCUT2D eigenvalue weighted by atomic mass is 35.5. The number of hydrogen-bond acceptors (Lipinski definition) is 1. The topological polar surface area (TPSA) is 17.8 Å². The first-order chi connectivity index (χ1) is 6.91. The Morgan fingerprint density at radius 1 is 1.53 bits per heavy atom. The number of alkyl halides is 1. The van der Waals surface area contributed by atoms with E-state index in [1.807, 2.05) is 17.9 Å². The fourth-order valence-electron chi connectivity index (χ4n) is 1.98. The fraction of sp³-hybridized carbons (Fsp3) is 0.750. The minimum Gasteiger partial charge on any atom is -0.273 e. The number of nitrogens with zero attached hydrogens (tertiary/aromatic N) is 2. The van der Waals surface area contributed by atoms with Crippen LogP contribution in [0.25, 0.3) is 0 Å². The molecule has 1 aromatic heterocycles. The van der Waals surface area contributed by atoms with Gasteiger partial charge in [0.15, 0.2) is 0 Å². The van der Waals surface area contributed by atoms with E-state index in [9.17, 15) is 0 Å². The van der Waals surface area contributed by atoms with Crippen molar-refractivity contribution in [1.29, 1.82) is 0 Å². The van der Waals surface area contributed by atoms with Gasteiger partial charge < -0.3 is 0 Å². The lowest BCUT2D eigenvalue weighted by Crippen LogP contribution is -2.17. The van der Waals surface area contributed by atoms with Gasteiger partial charge in [-0.3, -0.25) is 4.68 Å². The van der Waals surface area contributed by atoms with Gasteiger partial charge in [-0.05, 0) is 37.7 Å². The summed E-state index contributed by atoms with van der Waals surface area (Å²) in [6.07, 6.45) is 5.15. The fourth-order valence-corrected chi connectivity index (χ4v) is 2.39. The zero-order chi connectivity index (χ0) is 11.5. The second kappa shape index (κ2) is 5.02. The van der Waals surface area contributed by atoms with Crippen molar-refractivity contribution in [1.82, 2.24) is 9.78 Å². The van der Waals surface area contributed by atoms with Gasteiger partial charge in [-0.15, -0.1) is 11.6 Å². The van der Waals surface area contributed by atoms with Gasteiger partial charge in [-0.1, -0.05) is 13.8 Å². The van der Waals surface area contributed by atoms with Crippen LogP contribution < -0.4 is 0 Å². The highest BCUT2D eigenvalue weighted by molar-refractivity contribution is 6.20. The Hall–Kier alpha value is -0.500. The van der Waals surface area contributed by atoms with Crippen LogP contribution in [0.15, 0.2) is 12.3 Å². The molecule has 0 aliphatic heterocycles. The predicted octanol–water partition coefficient (Wildman–Crippen LogP) is 3.40. The van der Waals surface area contributed by atoms with Crippen molar-refractivity contribution in [2.45, 2.75) is 45.4 Å². The molecule has 1 aromatic rings. The lowest BCUT2D eigenvalue weighted by Gasteiger charge is -2.25. The summed E-state index contributed by atoms with van der Waals surface area (Å²) in [6, 6.07) is 2.08. The molecule has 0 aliphatic rings. The Bertz CT molecular complexity index is 302. The van der Waals surface area contributed by atoms with Crippen LogP contribution in [0.4, 0.5) is 0 Å². The molecular formula is C12H21ClN2. The molecule has 0 bridgehead atoms. The van der Waals surface area contributed by atoms with E-state index < -0.39 is 0 Å². The summed E-state index contributed by atoms with van der Waals surface area (Å²) in [5, 5.41) is 4.42. The lowest BCUT2D eigenvalue weighted by molar-refractivity contribution is 0.304. The van der Waals surface area contributed by atoms with E-state index in [-0.39, 0.29) is 5.38 Å². The zero-order valence-corrected chi connectivity index (χ0v) is 10.9. The molecule has 0 saturated carbocycles. The Morgan fingerprint density at radius 3 is 2.67 bits per heavy atom. The van der Waals surface area contributed by atoms with Crippen LogP contribution >= 0.6 is 11.6 Å². The summed E-state index contributed by atoms with van der Waals surface area (Å²) in [5.41, 5.74) is 1.61. The average molecular weight is 229 g/mol. The van der Waals surface area contributed by atoms with Crippen molar-refractivity contribution in [2.24, 2.45) is 12.5 Å². The Kier molecular flexibility index (Phi) is 4.21. The van der Waals surface area contributed by atoms with Crippen LogP contribution in [0.2, 0.25) is 0 Å². The summed E-state index contributed by atoms with van der Waals surface area (Å²) in [5.74, 6) is 0. The summed E-state index contributed by atoms with van der Waals surface area (Å²) in [7, 11) is 1.99. The van der Waals surface area contributed by atoms with E-state index in [0.29, 0.717) is 5.41 Å². The maximum atomic E-state index is 6.04. The van der Waals surface area contributed by atoms with Crippen molar-refractivity contribution in [3.05, 3.63) is 18.0 Å². The van der Waals surface area contributed by atoms with Crippen LogP contribution in [-0.4, -0.2) is 15.2 Å². The summed E-state index contributed by atoms with van der Waals surface area (Å²) < 4.78 is 1.94. The molecule has 2 nitrogen and oxygen atoms in total. The van der Waals surface area contributed by atoms with Crippen molar-refractivity contribution in [2.75, 3.05) is 0 Å². The largest absolute Gasteiger partial charge is 0.273 e. The molecule has 0 aliphatic carbocycles. The molecule has 1 atom stereocenters. The summed E-state index contributed by atoms with van der Waals surface area (Å²) in [4.78, 5) is 0. The minimum absolute atomic E-state index is 0.256. The van der Waals surface area contributed by atoms with Gasteiger partial charge in [-0.25, -0.2) is 0 Å². The molecule has 15 heavy (non-hydrogen) atoms. The van der Waals surface area contributed by atoms with Gasteiger partial charge in [0.2, 0.25) is 0 Å². The van der Waals surface area contributed by atoms with Gasteiger partial charge in [-0.2, -0.15) is 5.10 Å². The first-order valence-electron chi connectivity index (χ1n) is 5.52. The van der Waals surface area contributed by atoms with E-state index in [0.717, 1.165) is 19.3 Å². The standard InChI is InChI=1S/C12H21ClN2/c1-10(13)9-12(2,3)7-5-11-6-8-14-15(11)4/h6,8,10H,5,7,9H2,1-4H3. The maximum Gasteiger partial charge on any atom is 0.0492 e. The Balaban J connectivity index is 2.46. The SMILES string of the molecule is CC(Cl)CC(C)(C)CCc1ccnn1C. The van der Waals surface area contributed by atoms with E-state index in [1.165, 1.54) is 5.69 Å². The van der Waals surface area contributed by atoms with E-state index >= 15 is 0 Å². The van der Waals surface area contributed by atoms with Crippen molar-refractivity contribution >= 4 is 11.6 Å². The quantitative estimate of drug-likeness (QED) is 0.707. The first kappa shape index (κ1) is 12.6. The molecule has 86 valence electrons. The smallest absolute Gasteiger partial charge is 0.0492 e.